The minimum atomic E-state index is 0.469. The zero-order valence-electron chi connectivity index (χ0n) is 11.4. The Morgan fingerprint density at radius 3 is 2.56 bits per heavy atom. The molecule has 1 unspecified atom stereocenters. The Morgan fingerprint density at radius 1 is 1.38 bits per heavy atom. The minimum Gasteiger partial charge on any atom is -0.380 e. The van der Waals surface area contributed by atoms with Gasteiger partial charge in [-0.1, -0.05) is 6.92 Å². The van der Waals surface area contributed by atoms with Gasteiger partial charge in [-0.15, -0.1) is 0 Å². The summed E-state index contributed by atoms with van der Waals surface area (Å²) in [5.74, 6) is 0. The first-order valence-electron chi connectivity index (χ1n) is 6.55. The van der Waals surface area contributed by atoms with Crippen LogP contribution in [0.3, 0.4) is 0 Å². The van der Waals surface area contributed by atoms with E-state index in [-0.39, 0.29) is 0 Å². The quantitative estimate of drug-likeness (QED) is 0.749. The summed E-state index contributed by atoms with van der Waals surface area (Å²) in [6, 6.07) is 0.469. The lowest BCUT2D eigenvalue weighted by molar-refractivity contribution is 0.106. The Kier molecular flexibility index (Phi) is 5.73. The maximum atomic E-state index is 5.41. The van der Waals surface area contributed by atoms with E-state index < -0.39 is 0 Å². The van der Waals surface area contributed by atoms with Crippen molar-refractivity contribution in [2.45, 2.75) is 39.7 Å². The van der Waals surface area contributed by atoms with E-state index >= 15 is 0 Å². The summed E-state index contributed by atoms with van der Waals surface area (Å²) in [5, 5.41) is 3.60. The lowest BCUT2D eigenvalue weighted by Crippen LogP contribution is -2.45. The standard InChI is InChI=1S/C13H28N2O/c1-5-16-10-12(2)14-11-13(3)6-8-15(4)9-7-13/h12,14H,5-11H2,1-4H3. The number of rotatable bonds is 6. The van der Waals surface area contributed by atoms with E-state index in [1.165, 1.54) is 25.9 Å². The molecule has 0 bridgehead atoms. The third-order valence-electron chi connectivity index (χ3n) is 3.64. The van der Waals surface area contributed by atoms with Crippen LogP contribution in [-0.4, -0.2) is 50.8 Å². The largest absolute Gasteiger partial charge is 0.380 e. The lowest BCUT2D eigenvalue weighted by Gasteiger charge is -2.38. The molecule has 1 atom stereocenters. The van der Waals surface area contributed by atoms with Crippen LogP contribution in [0.2, 0.25) is 0 Å². The minimum absolute atomic E-state index is 0.469. The van der Waals surface area contributed by atoms with Crippen molar-refractivity contribution in [2.24, 2.45) is 5.41 Å². The molecule has 3 nitrogen and oxygen atoms in total. The fraction of sp³-hybridized carbons (Fsp3) is 1.00. The van der Waals surface area contributed by atoms with Gasteiger partial charge < -0.3 is 15.0 Å². The molecule has 1 heterocycles. The van der Waals surface area contributed by atoms with E-state index in [1.54, 1.807) is 0 Å². The van der Waals surface area contributed by atoms with Gasteiger partial charge in [-0.3, -0.25) is 0 Å². The van der Waals surface area contributed by atoms with E-state index in [0.717, 1.165) is 19.8 Å². The maximum Gasteiger partial charge on any atom is 0.0616 e. The van der Waals surface area contributed by atoms with Gasteiger partial charge in [0.25, 0.3) is 0 Å². The summed E-state index contributed by atoms with van der Waals surface area (Å²) >= 11 is 0. The molecule has 0 aromatic rings. The SMILES string of the molecule is CCOCC(C)NCC1(C)CCN(C)CC1. The van der Waals surface area contributed by atoms with Gasteiger partial charge in [0, 0.05) is 19.2 Å². The molecule has 0 amide bonds. The van der Waals surface area contributed by atoms with Crippen molar-refractivity contribution >= 4 is 0 Å². The number of nitrogens with zero attached hydrogens (tertiary/aromatic N) is 1. The zero-order chi connectivity index (χ0) is 12.0. The molecule has 1 rings (SSSR count). The highest BCUT2D eigenvalue weighted by molar-refractivity contribution is 4.84. The second-order valence-corrected chi connectivity index (χ2v) is 5.56. The van der Waals surface area contributed by atoms with E-state index in [0.29, 0.717) is 11.5 Å². The van der Waals surface area contributed by atoms with E-state index in [4.69, 9.17) is 4.74 Å². The van der Waals surface area contributed by atoms with Crippen molar-refractivity contribution in [1.29, 1.82) is 0 Å². The summed E-state index contributed by atoms with van der Waals surface area (Å²) in [6.07, 6.45) is 2.61. The van der Waals surface area contributed by atoms with Crippen molar-refractivity contribution in [1.82, 2.24) is 10.2 Å². The Hall–Kier alpha value is -0.120. The average molecular weight is 228 g/mol. The number of nitrogens with one attached hydrogen (secondary N) is 1. The Labute approximate surface area is 101 Å². The van der Waals surface area contributed by atoms with Crippen LogP contribution in [0, 0.1) is 5.41 Å². The van der Waals surface area contributed by atoms with Crippen molar-refractivity contribution in [3.05, 3.63) is 0 Å². The molecule has 16 heavy (non-hydrogen) atoms. The highest BCUT2D eigenvalue weighted by Crippen LogP contribution is 2.29. The Balaban J connectivity index is 2.20. The van der Waals surface area contributed by atoms with Crippen LogP contribution < -0.4 is 5.32 Å². The van der Waals surface area contributed by atoms with Crippen molar-refractivity contribution < 1.29 is 4.74 Å². The Bertz CT molecular complexity index is 188. The van der Waals surface area contributed by atoms with Crippen LogP contribution >= 0.6 is 0 Å². The molecular weight excluding hydrogens is 200 g/mol. The van der Waals surface area contributed by atoms with Crippen LogP contribution in [0.15, 0.2) is 0 Å². The summed E-state index contributed by atoms with van der Waals surface area (Å²) in [5.41, 5.74) is 0.479. The third kappa shape index (κ3) is 4.81. The topological polar surface area (TPSA) is 24.5 Å². The predicted molar refractivity (Wildman–Crippen MR) is 68.8 cm³/mol. The van der Waals surface area contributed by atoms with Gasteiger partial charge in [0.15, 0.2) is 0 Å². The molecule has 1 N–H and O–H groups in total. The van der Waals surface area contributed by atoms with Crippen LogP contribution in [0.5, 0.6) is 0 Å². The van der Waals surface area contributed by atoms with Gasteiger partial charge >= 0.3 is 0 Å². The molecule has 0 saturated carbocycles. The number of hydrogen-bond donors (Lipinski definition) is 1. The molecule has 96 valence electrons. The lowest BCUT2D eigenvalue weighted by atomic mass is 9.80. The zero-order valence-corrected chi connectivity index (χ0v) is 11.4. The van der Waals surface area contributed by atoms with Gasteiger partial charge in [0.1, 0.15) is 0 Å². The molecule has 1 saturated heterocycles. The van der Waals surface area contributed by atoms with Gasteiger partial charge in [-0.25, -0.2) is 0 Å². The maximum absolute atomic E-state index is 5.41. The molecule has 0 aromatic heterocycles. The van der Waals surface area contributed by atoms with Gasteiger partial charge in [-0.2, -0.15) is 0 Å². The molecule has 1 fully saturated rings. The second kappa shape index (κ2) is 6.58. The van der Waals surface area contributed by atoms with E-state index in [1.807, 2.05) is 6.92 Å². The fourth-order valence-electron chi connectivity index (χ4n) is 2.11. The fourth-order valence-corrected chi connectivity index (χ4v) is 2.11. The molecule has 1 aliphatic rings. The van der Waals surface area contributed by atoms with Crippen molar-refractivity contribution in [3.8, 4) is 0 Å². The second-order valence-electron chi connectivity index (χ2n) is 5.56. The van der Waals surface area contributed by atoms with E-state index in [2.05, 4.69) is 31.1 Å². The Morgan fingerprint density at radius 2 is 2.00 bits per heavy atom. The molecule has 0 aliphatic carbocycles. The summed E-state index contributed by atoms with van der Waals surface area (Å²) in [6.45, 7) is 11.9. The predicted octanol–water partition coefficient (Wildman–Crippen LogP) is 1.73. The average Bonchev–Trinajstić information content (AvgIpc) is 2.28. The van der Waals surface area contributed by atoms with Crippen molar-refractivity contribution in [2.75, 3.05) is 39.9 Å². The first-order chi connectivity index (χ1) is 7.56. The number of ether oxygens (including phenoxy) is 1. The van der Waals surface area contributed by atoms with Crippen LogP contribution in [0.1, 0.15) is 33.6 Å². The van der Waals surface area contributed by atoms with Crippen LogP contribution in [0.4, 0.5) is 0 Å². The first-order valence-corrected chi connectivity index (χ1v) is 6.55. The summed E-state index contributed by atoms with van der Waals surface area (Å²) in [4.78, 5) is 2.42. The molecule has 0 spiro atoms. The molecule has 0 aromatic carbocycles. The highest BCUT2D eigenvalue weighted by atomic mass is 16.5. The number of hydrogen-bond acceptors (Lipinski definition) is 3. The normalized spacial score (nSPS) is 23.2. The molecular formula is C13H28N2O. The molecule has 3 heteroatoms. The number of likely N-dealkylation sites (tertiary alicyclic amines) is 1. The van der Waals surface area contributed by atoms with E-state index in [9.17, 15) is 0 Å². The van der Waals surface area contributed by atoms with Gasteiger partial charge in [0.05, 0.1) is 6.61 Å². The first kappa shape index (κ1) is 13.9. The molecule has 0 radical (unpaired) electrons. The molecule has 1 aliphatic heterocycles. The monoisotopic (exact) mass is 228 g/mol. The summed E-state index contributed by atoms with van der Waals surface area (Å²) in [7, 11) is 2.21. The highest BCUT2D eigenvalue weighted by Gasteiger charge is 2.28. The van der Waals surface area contributed by atoms with Crippen molar-refractivity contribution in [3.63, 3.8) is 0 Å². The van der Waals surface area contributed by atoms with Gasteiger partial charge in [-0.05, 0) is 52.2 Å². The van der Waals surface area contributed by atoms with Crippen LogP contribution in [0.25, 0.3) is 0 Å². The third-order valence-corrected chi connectivity index (χ3v) is 3.64. The summed E-state index contributed by atoms with van der Waals surface area (Å²) < 4.78 is 5.41. The van der Waals surface area contributed by atoms with Crippen LogP contribution in [-0.2, 0) is 4.74 Å². The smallest absolute Gasteiger partial charge is 0.0616 e. The van der Waals surface area contributed by atoms with Gasteiger partial charge in [0.2, 0.25) is 0 Å². The number of piperidine rings is 1.